The van der Waals surface area contributed by atoms with E-state index in [1.807, 2.05) is 23.5 Å². The number of carbonyl (C=O) groups is 2. The lowest BCUT2D eigenvalue weighted by Crippen LogP contribution is -2.44. The van der Waals surface area contributed by atoms with E-state index in [1.165, 1.54) is 0 Å². The standard InChI is InChI=1S/C16H19F3N2O2/c17-16(18,19)11-20-14(22)10-21-8-6-13(7-9-21)15(23)12-4-2-1-3-5-12/h1-5,13H,6-11H2,(H,20,22). The molecule has 4 nitrogen and oxygen atoms in total. The van der Waals surface area contributed by atoms with Crippen molar-refractivity contribution in [1.29, 1.82) is 0 Å². The van der Waals surface area contributed by atoms with E-state index in [0.29, 0.717) is 31.5 Å². The number of carbonyl (C=O) groups excluding carboxylic acids is 2. The number of ketones is 1. The number of rotatable bonds is 5. The van der Waals surface area contributed by atoms with Gasteiger partial charge in [-0.25, -0.2) is 0 Å². The summed E-state index contributed by atoms with van der Waals surface area (Å²) in [5, 5.41) is 1.86. The number of amides is 1. The molecule has 0 unspecified atom stereocenters. The van der Waals surface area contributed by atoms with Crippen LogP contribution in [0.1, 0.15) is 23.2 Å². The first kappa shape index (κ1) is 17.5. The molecule has 1 aromatic carbocycles. The fourth-order valence-electron chi connectivity index (χ4n) is 2.65. The zero-order valence-electron chi connectivity index (χ0n) is 12.6. The highest BCUT2D eigenvalue weighted by molar-refractivity contribution is 5.97. The molecule has 0 aliphatic carbocycles. The maximum absolute atomic E-state index is 12.3. The largest absolute Gasteiger partial charge is 0.405 e. The van der Waals surface area contributed by atoms with Gasteiger partial charge in [-0.1, -0.05) is 30.3 Å². The molecular formula is C16H19F3N2O2. The van der Waals surface area contributed by atoms with Gasteiger partial charge in [-0.2, -0.15) is 13.2 Å². The molecule has 126 valence electrons. The molecule has 0 bridgehead atoms. The molecule has 1 aromatic rings. The second-order valence-electron chi connectivity index (χ2n) is 5.67. The quantitative estimate of drug-likeness (QED) is 0.844. The lowest BCUT2D eigenvalue weighted by Gasteiger charge is -2.30. The summed E-state index contributed by atoms with van der Waals surface area (Å²) in [6, 6.07) is 9.03. The van der Waals surface area contributed by atoms with Gasteiger partial charge in [-0.15, -0.1) is 0 Å². The number of benzene rings is 1. The van der Waals surface area contributed by atoms with Gasteiger partial charge in [0.2, 0.25) is 5.91 Å². The summed E-state index contributed by atoms with van der Waals surface area (Å²) in [5.41, 5.74) is 0.675. The SMILES string of the molecule is O=C(CN1CCC(C(=O)c2ccccc2)CC1)NCC(F)(F)F. The molecule has 0 atom stereocenters. The summed E-state index contributed by atoms with van der Waals surface area (Å²) in [4.78, 5) is 25.6. The first-order valence-corrected chi connectivity index (χ1v) is 7.50. The number of likely N-dealkylation sites (tertiary alicyclic amines) is 1. The maximum Gasteiger partial charge on any atom is 0.405 e. The van der Waals surface area contributed by atoms with E-state index < -0.39 is 18.6 Å². The van der Waals surface area contributed by atoms with Gasteiger partial charge < -0.3 is 5.32 Å². The predicted molar refractivity (Wildman–Crippen MR) is 79.0 cm³/mol. The summed E-state index contributed by atoms with van der Waals surface area (Å²) in [5.74, 6) is -0.645. The molecule has 1 saturated heterocycles. The van der Waals surface area contributed by atoms with Crippen LogP contribution in [0.15, 0.2) is 30.3 Å². The van der Waals surface area contributed by atoms with Crippen LogP contribution in [0.3, 0.4) is 0 Å². The summed E-state index contributed by atoms with van der Waals surface area (Å²) in [6.45, 7) is -0.317. The monoisotopic (exact) mass is 328 g/mol. The highest BCUT2D eigenvalue weighted by atomic mass is 19.4. The molecule has 2 rings (SSSR count). The Labute approximate surface area is 132 Å². The lowest BCUT2D eigenvalue weighted by atomic mass is 9.89. The van der Waals surface area contributed by atoms with E-state index in [1.54, 1.807) is 17.0 Å². The smallest absolute Gasteiger partial charge is 0.346 e. The molecule has 1 N–H and O–H groups in total. The molecule has 0 saturated carbocycles. The van der Waals surface area contributed by atoms with Gasteiger partial charge in [0.05, 0.1) is 6.54 Å². The van der Waals surface area contributed by atoms with E-state index in [2.05, 4.69) is 0 Å². The van der Waals surface area contributed by atoms with Gasteiger partial charge in [0.15, 0.2) is 5.78 Å². The topological polar surface area (TPSA) is 49.4 Å². The molecule has 0 aromatic heterocycles. The molecule has 0 spiro atoms. The maximum atomic E-state index is 12.3. The predicted octanol–water partition coefficient (Wildman–Crippen LogP) is 2.26. The molecule has 1 heterocycles. The first-order chi connectivity index (χ1) is 10.8. The van der Waals surface area contributed by atoms with E-state index in [-0.39, 0.29) is 18.2 Å². The normalized spacial score (nSPS) is 17.0. The third-order valence-corrected chi connectivity index (χ3v) is 3.87. The Morgan fingerprint density at radius 3 is 2.30 bits per heavy atom. The minimum atomic E-state index is -4.40. The van der Waals surface area contributed by atoms with Crippen molar-refractivity contribution in [3.63, 3.8) is 0 Å². The van der Waals surface area contributed by atoms with Gasteiger partial charge >= 0.3 is 6.18 Å². The van der Waals surface area contributed by atoms with Crippen molar-refractivity contribution >= 4 is 11.7 Å². The molecular weight excluding hydrogens is 309 g/mol. The summed E-state index contributed by atoms with van der Waals surface area (Å²) in [6.07, 6.45) is -3.18. The number of nitrogens with zero attached hydrogens (tertiary/aromatic N) is 1. The fraction of sp³-hybridized carbons (Fsp3) is 0.500. The van der Waals surface area contributed by atoms with Gasteiger partial charge in [0, 0.05) is 11.5 Å². The Hall–Kier alpha value is -1.89. The highest BCUT2D eigenvalue weighted by Crippen LogP contribution is 2.21. The van der Waals surface area contributed by atoms with Crippen molar-refractivity contribution in [3.8, 4) is 0 Å². The van der Waals surface area contributed by atoms with Crippen molar-refractivity contribution in [1.82, 2.24) is 10.2 Å². The van der Waals surface area contributed by atoms with Crippen LogP contribution in [0.4, 0.5) is 13.2 Å². The van der Waals surface area contributed by atoms with Gasteiger partial charge in [-0.05, 0) is 25.9 Å². The van der Waals surface area contributed by atoms with Crippen molar-refractivity contribution in [2.75, 3.05) is 26.2 Å². The molecule has 1 amide bonds. The Morgan fingerprint density at radius 1 is 1.13 bits per heavy atom. The van der Waals surface area contributed by atoms with Crippen LogP contribution in [-0.2, 0) is 4.79 Å². The van der Waals surface area contributed by atoms with Crippen LogP contribution >= 0.6 is 0 Å². The molecule has 1 fully saturated rings. The average Bonchev–Trinajstić information content (AvgIpc) is 2.53. The lowest BCUT2D eigenvalue weighted by molar-refractivity contribution is -0.139. The Bertz CT molecular complexity index is 538. The third kappa shape index (κ3) is 5.67. The zero-order valence-corrected chi connectivity index (χ0v) is 12.6. The van der Waals surface area contributed by atoms with Crippen LogP contribution in [-0.4, -0.2) is 48.9 Å². The van der Waals surface area contributed by atoms with Gasteiger partial charge in [-0.3, -0.25) is 14.5 Å². The number of Topliss-reactive ketones (excluding diaryl/α,β-unsaturated/α-hetero) is 1. The van der Waals surface area contributed by atoms with Crippen LogP contribution in [0.5, 0.6) is 0 Å². The number of hydrogen-bond donors (Lipinski definition) is 1. The Balaban J connectivity index is 1.76. The summed E-state index contributed by atoms with van der Waals surface area (Å²) in [7, 11) is 0. The summed E-state index contributed by atoms with van der Waals surface area (Å²) >= 11 is 0. The Morgan fingerprint density at radius 2 is 1.74 bits per heavy atom. The second-order valence-corrected chi connectivity index (χ2v) is 5.67. The number of nitrogens with one attached hydrogen (secondary N) is 1. The Kier molecular flexibility index (Phi) is 5.76. The number of piperidine rings is 1. The van der Waals surface area contributed by atoms with Gasteiger partial charge in [0.25, 0.3) is 0 Å². The second kappa shape index (κ2) is 7.59. The number of hydrogen-bond acceptors (Lipinski definition) is 3. The van der Waals surface area contributed by atoms with E-state index in [4.69, 9.17) is 0 Å². The van der Waals surface area contributed by atoms with Crippen LogP contribution < -0.4 is 5.32 Å². The van der Waals surface area contributed by atoms with E-state index >= 15 is 0 Å². The van der Waals surface area contributed by atoms with E-state index in [9.17, 15) is 22.8 Å². The fourth-order valence-corrected chi connectivity index (χ4v) is 2.65. The average molecular weight is 328 g/mol. The van der Waals surface area contributed by atoms with Crippen molar-refractivity contribution in [3.05, 3.63) is 35.9 Å². The zero-order chi connectivity index (χ0) is 16.9. The van der Waals surface area contributed by atoms with Crippen LogP contribution in [0, 0.1) is 5.92 Å². The van der Waals surface area contributed by atoms with Crippen LogP contribution in [0.25, 0.3) is 0 Å². The third-order valence-electron chi connectivity index (χ3n) is 3.87. The van der Waals surface area contributed by atoms with Crippen molar-refractivity contribution in [2.24, 2.45) is 5.92 Å². The molecule has 7 heteroatoms. The van der Waals surface area contributed by atoms with Crippen LogP contribution in [0.2, 0.25) is 0 Å². The van der Waals surface area contributed by atoms with E-state index in [0.717, 1.165) is 0 Å². The summed E-state index contributed by atoms with van der Waals surface area (Å²) < 4.78 is 36.1. The molecule has 1 aliphatic rings. The van der Waals surface area contributed by atoms with Gasteiger partial charge in [0.1, 0.15) is 6.54 Å². The molecule has 1 aliphatic heterocycles. The minimum Gasteiger partial charge on any atom is -0.346 e. The minimum absolute atomic E-state index is 0.0671. The highest BCUT2D eigenvalue weighted by Gasteiger charge is 2.29. The molecule has 0 radical (unpaired) electrons. The first-order valence-electron chi connectivity index (χ1n) is 7.50. The van der Waals surface area contributed by atoms with Crippen molar-refractivity contribution < 1.29 is 22.8 Å². The van der Waals surface area contributed by atoms with Crippen molar-refractivity contribution in [2.45, 2.75) is 19.0 Å². The number of alkyl halides is 3. The number of halogens is 3. The molecule has 23 heavy (non-hydrogen) atoms.